The molecule has 1 aliphatic heterocycles. The van der Waals surface area contributed by atoms with E-state index in [0.29, 0.717) is 0 Å². The van der Waals surface area contributed by atoms with Gasteiger partial charge in [0.1, 0.15) is 0 Å². The Bertz CT molecular complexity index is 855. The Kier molecular flexibility index (Phi) is 3.31. The van der Waals surface area contributed by atoms with Crippen LogP contribution in [-0.4, -0.2) is 10.2 Å². The maximum atomic E-state index is 11.3. The third-order valence-corrected chi connectivity index (χ3v) is 4.06. The van der Waals surface area contributed by atoms with Crippen molar-refractivity contribution < 1.29 is 0 Å². The summed E-state index contributed by atoms with van der Waals surface area (Å²) in [6.07, 6.45) is 0. The molecule has 0 amide bonds. The van der Waals surface area contributed by atoms with Gasteiger partial charge < -0.3 is 10.6 Å². The summed E-state index contributed by atoms with van der Waals surface area (Å²) in [7, 11) is 0. The number of nitrogens with one attached hydrogen (secondary N) is 3. The fourth-order valence-electron chi connectivity index (χ4n) is 2.95. The van der Waals surface area contributed by atoms with Gasteiger partial charge in [-0.25, -0.2) is 5.10 Å². The molecule has 0 aliphatic carbocycles. The molecule has 114 valence electrons. The van der Waals surface area contributed by atoms with Crippen molar-refractivity contribution in [1.29, 1.82) is 0 Å². The average molecular weight is 304 g/mol. The molecule has 1 aromatic heterocycles. The number of H-pyrrole nitrogens is 1. The standard InChI is InChI=1S/C18H16N4O/c23-16-11-10-15(21-22-16)18-17(12-6-2-1-3-7-12)19-13-8-4-5-9-14(13)20-18/h1-11,17-20H,(H,22,23). The Hall–Kier alpha value is -3.08. The van der Waals surface area contributed by atoms with Crippen LogP contribution in [-0.2, 0) is 0 Å². The second-order valence-corrected chi connectivity index (χ2v) is 5.55. The van der Waals surface area contributed by atoms with Gasteiger partial charge in [-0.15, -0.1) is 0 Å². The van der Waals surface area contributed by atoms with Gasteiger partial charge >= 0.3 is 0 Å². The minimum Gasteiger partial charge on any atom is -0.374 e. The van der Waals surface area contributed by atoms with Gasteiger partial charge in [-0.2, -0.15) is 5.10 Å². The highest BCUT2D eigenvalue weighted by Crippen LogP contribution is 2.41. The predicted octanol–water partition coefficient (Wildman–Crippen LogP) is 3.09. The van der Waals surface area contributed by atoms with Gasteiger partial charge in [0.25, 0.3) is 5.56 Å². The number of hydrogen-bond donors (Lipinski definition) is 3. The van der Waals surface area contributed by atoms with Crippen LogP contribution in [0.3, 0.4) is 0 Å². The SMILES string of the molecule is O=c1ccc(C2Nc3ccccc3NC2c2ccccc2)n[nH]1. The molecule has 3 aromatic rings. The predicted molar refractivity (Wildman–Crippen MR) is 90.5 cm³/mol. The van der Waals surface area contributed by atoms with Crippen molar-refractivity contribution in [3.05, 3.63) is 88.3 Å². The van der Waals surface area contributed by atoms with E-state index in [-0.39, 0.29) is 17.6 Å². The van der Waals surface area contributed by atoms with Gasteiger partial charge in [0.2, 0.25) is 0 Å². The zero-order chi connectivity index (χ0) is 15.6. The molecular formula is C18H16N4O. The van der Waals surface area contributed by atoms with E-state index in [1.807, 2.05) is 36.4 Å². The fourth-order valence-corrected chi connectivity index (χ4v) is 2.95. The second-order valence-electron chi connectivity index (χ2n) is 5.55. The molecule has 0 saturated heterocycles. The Morgan fingerprint density at radius 1 is 0.739 bits per heavy atom. The summed E-state index contributed by atoms with van der Waals surface area (Å²) in [5.41, 5.74) is 3.84. The molecular weight excluding hydrogens is 288 g/mol. The van der Waals surface area contributed by atoms with E-state index in [0.717, 1.165) is 22.6 Å². The van der Waals surface area contributed by atoms with Crippen LogP contribution in [0.25, 0.3) is 0 Å². The minimum atomic E-state index is -0.200. The van der Waals surface area contributed by atoms with Gasteiger partial charge in [0, 0.05) is 6.07 Å². The van der Waals surface area contributed by atoms with Gasteiger partial charge in [0.15, 0.2) is 0 Å². The maximum Gasteiger partial charge on any atom is 0.264 e. The molecule has 2 heterocycles. The number of benzene rings is 2. The van der Waals surface area contributed by atoms with Crippen molar-refractivity contribution >= 4 is 11.4 Å². The molecule has 1 aliphatic rings. The minimum absolute atomic E-state index is 0.0181. The smallest absolute Gasteiger partial charge is 0.264 e. The maximum absolute atomic E-state index is 11.3. The van der Waals surface area contributed by atoms with Crippen LogP contribution in [0.15, 0.2) is 71.5 Å². The van der Waals surface area contributed by atoms with Crippen molar-refractivity contribution in [3.63, 3.8) is 0 Å². The summed E-state index contributed by atoms with van der Waals surface area (Å²) in [6, 6.07) is 21.5. The fraction of sp³-hybridized carbons (Fsp3) is 0.111. The monoisotopic (exact) mass is 304 g/mol. The van der Waals surface area contributed by atoms with Gasteiger partial charge in [-0.3, -0.25) is 4.79 Å². The van der Waals surface area contributed by atoms with Crippen molar-refractivity contribution in [2.24, 2.45) is 0 Å². The van der Waals surface area contributed by atoms with Crippen LogP contribution in [0.4, 0.5) is 11.4 Å². The number of nitrogens with zero attached hydrogens (tertiary/aromatic N) is 1. The first-order valence-electron chi connectivity index (χ1n) is 7.54. The van der Waals surface area contributed by atoms with Crippen LogP contribution >= 0.6 is 0 Å². The largest absolute Gasteiger partial charge is 0.374 e. The summed E-state index contributed by atoms with van der Waals surface area (Å²) in [6.45, 7) is 0. The highest BCUT2D eigenvalue weighted by molar-refractivity contribution is 5.72. The normalized spacial score (nSPS) is 19.3. The number of hydrogen-bond acceptors (Lipinski definition) is 4. The van der Waals surface area contributed by atoms with Gasteiger partial charge in [0.05, 0.1) is 29.2 Å². The topological polar surface area (TPSA) is 69.8 Å². The lowest BCUT2D eigenvalue weighted by atomic mass is 9.93. The first kappa shape index (κ1) is 13.6. The van der Waals surface area contributed by atoms with Crippen LogP contribution in [0.1, 0.15) is 23.3 Å². The summed E-state index contributed by atoms with van der Waals surface area (Å²) in [5, 5.41) is 13.8. The molecule has 0 bridgehead atoms. The molecule has 0 radical (unpaired) electrons. The van der Waals surface area contributed by atoms with Crippen LogP contribution in [0.5, 0.6) is 0 Å². The zero-order valence-corrected chi connectivity index (χ0v) is 12.4. The molecule has 4 rings (SSSR count). The lowest BCUT2D eigenvalue weighted by molar-refractivity contribution is 0.609. The molecule has 0 saturated carbocycles. The van der Waals surface area contributed by atoms with E-state index < -0.39 is 0 Å². The van der Waals surface area contributed by atoms with E-state index in [9.17, 15) is 4.79 Å². The first-order valence-corrected chi connectivity index (χ1v) is 7.54. The second kappa shape index (κ2) is 5.61. The molecule has 0 fully saturated rings. The number of aromatic amines is 1. The third-order valence-electron chi connectivity index (χ3n) is 4.06. The number of fused-ring (bicyclic) bond motifs is 1. The molecule has 0 spiro atoms. The van der Waals surface area contributed by atoms with Gasteiger partial charge in [-0.05, 0) is 23.8 Å². The Labute approximate surface area is 133 Å². The quantitative estimate of drug-likeness (QED) is 0.680. The Morgan fingerprint density at radius 2 is 1.39 bits per heavy atom. The van der Waals surface area contributed by atoms with Crippen LogP contribution in [0, 0.1) is 0 Å². The lowest BCUT2D eigenvalue weighted by Crippen LogP contribution is -2.31. The molecule has 2 atom stereocenters. The van der Waals surface area contributed by atoms with Gasteiger partial charge in [-0.1, -0.05) is 42.5 Å². The lowest BCUT2D eigenvalue weighted by Gasteiger charge is -2.36. The molecule has 5 heteroatoms. The highest BCUT2D eigenvalue weighted by Gasteiger charge is 2.30. The van der Waals surface area contributed by atoms with E-state index >= 15 is 0 Å². The van der Waals surface area contributed by atoms with E-state index in [1.54, 1.807) is 6.07 Å². The molecule has 5 nitrogen and oxygen atoms in total. The number of anilines is 2. The number of para-hydroxylation sites is 2. The molecule has 2 aromatic carbocycles. The first-order chi connectivity index (χ1) is 11.3. The summed E-state index contributed by atoms with van der Waals surface area (Å²) < 4.78 is 0. The molecule has 2 unspecified atom stereocenters. The van der Waals surface area contributed by atoms with Crippen LogP contribution < -0.4 is 16.2 Å². The molecule has 23 heavy (non-hydrogen) atoms. The third kappa shape index (κ3) is 2.57. The number of rotatable bonds is 2. The van der Waals surface area contributed by atoms with E-state index in [1.165, 1.54) is 6.07 Å². The Morgan fingerprint density at radius 3 is 2.04 bits per heavy atom. The van der Waals surface area contributed by atoms with Crippen LogP contribution in [0.2, 0.25) is 0 Å². The van der Waals surface area contributed by atoms with Crippen molar-refractivity contribution in [2.45, 2.75) is 12.1 Å². The Balaban J connectivity index is 1.80. The summed E-state index contributed by atoms with van der Waals surface area (Å²) in [5.74, 6) is 0. The molecule has 3 N–H and O–H groups in total. The summed E-state index contributed by atoms with van der Waals surface area (Å²) in [4.78, 5) is 11.3. The van der Waals surface area contributed by atoms with E-state index in [4.69, 9.17) is 0 Å². The van der Waals surface area contributed by atoms with Crippen molar-refractivity contribution in [3.8, 4) is 0 Å². The highest BCUT2D eigenvalue weighted by atomic mass is 16.1. The average Bonchev–Trinajstić information content (AvgIpc) is 2.62. The number of aromatic nitrogens is 2. The van der Waals surface area contributed by atoms with Crippen molar-refractivity contribution in [2.75, 3.05) is 10.6 Å². The van der Waals surface area contributed by atoms with E-state index in [2.05, 4.69) is 39.0 Å². The van der Waals surface area contributed by atoms with Crippen molar-refractivity contribution in [1.82, 2.24) is 10.2 Å². The zero-order valence-electron chi connectivity index (χ0n) is 12.4. The summed E-state index contributed by atoms with van der Waals surface area (Å²) >= 11 is 0.